The van der Waals surface area contributed by atoms with Crippen LogP contribution in [-0.4, -0.2) is 17.3 Å². The predicted molar refractivity (Wildman–Crippen MR) is 98.6 cm³/mol. The van der Waals surface area contributed by atoms with Crippen molar-refractivity contribution < 1.29 is 22.7 Å². The van der Waals surface area contributed by atoms with E-state index in [0.717, 1.165) is 11.1 Å². The van der Waals surface area contributed by atoms with E-state index in [0.29, 0.717) is 16.8 Å². The highest BCUT2D eigenvalue weighted by Gasteiger charge is 2.31. The molecule has 0 aliphatic heterocycles. The molecule has 8 heteroatoms. The molecule has 1 heterocycles. The second kappa shape index (κ2) is 7.99. The van der Waals surface area contributed by atoms with Crippen molar-refractivity contribution in [2.24, 2.45) is 5.73 Å². The molecule has 28 heavy (non-hydrogen) atoms. The third-order valence-electron chi connectivity index (χ3n) is 3.85. The van der Waals surface area contributed by atoms with Crippen LogP contribution in [0.4, 0.5) is 18.9 Å². The van der Waals surface area contributed by atoms with Crippen LogP contribution in [0.1, 0.15) is 15.9 Å². The number of halogens is 3. The number of pyridine rings is 1. The Kier molecular flexibility index (Phi) is 5.49. The summed E-state index contributed by atoms with van der Waals surface area (Å²) in [4.78, 5) is 15.5. The first-order valence-electron chi connectivity index (χ1n) is 8.24. The number of nitrogens with one attached hydrogen (secondary N) is 1. The van der Waals surface area contributed by atoms with E-state index in [1.54, 1.807) is 36.7 Å². The lowest BCUT2D eigenvalue weighted by Gasteiger charge is -2.11. The Morgan fingerprint density at radius 2 is 1.82 bits per heavy atom. The minimum atomic E-state index is -4.73. The van der Waals surface area contributed by atoms with Gasteiger partial charge in [-0.05, 0) is 41.5 Å². The molecule has 3 rings (SSSR count). The molecule has 2 aromatic carbocycles. The van der Waals surface area contributed by atoms with Crippen LogP contribution in [-0.2, 0) is 6.54 Å². The molecule has 1 aromatic heterocycles. The summed E-state index contributed by atoms with van der Waals surface area (Å²) in [6.45, 7) is 0.279. The fourth-order valence-corrected chi connectivity index (χ4v) is 2.60. The number of benzene rings is 2. The maximum atomic E-state index is 12.3. The zero-order valence-corrected chi connectivity index (χ0v) is 14.5. The maximum Gasteiger partial charge on any atom is 0.573 e. The quantitative estimate of drug-likeness (QED) is 0.659. The van der Waals surface area contributed by atoms with Gasteiger partial charge in [-0.3, -0.25) is 9.78 Å². The van der Waals surface area contributed by atoms with E-state index in [-0.39, 0.29) is 12.3 Å². The van der Waals surface area contributed by atoms with Gasteiger partial charge in [-0.15, -0.1) is 13.2 Å². The Morgan fingerprint density at radius 3 is 2.57 bits per heavy atom. The Morgan fingerprint density at radius 1 is 1.04 bits per heavy atom. The molecule has 0 radical (unpaired) electrons. The first-order chi connectivity index (χ1) is 13.3. The standard InChI is InChI=1S/C20H16F3N3O2/c21-20(22,23)28-18-6-1-3-13(7-18)10-26-17-9-16(11-25-12-17)14-4-2-5-15(8-14)19(24)27/h1-9,11-12,26H,10H2,(H2,24,27). The van der Waals surface area contributed by atoms with Gasteiger partial charge in [-0.1, -0.05) is 24.3 Å². The average Bonchev–Trinajstić information content (AvgIpc) is 2.66. The zero-order valence-electron chi connectivity index (χ0n) is 14.5. The van der Waals surface area contributed by atoms with E-state index in [1.807, 2.05) is 12.1 Å². The third-order valence-corrected chi connectivity index (χ3v) is 3.85. The summed E-state index contributed by atoms with van der Waals surface area (Å²) >= 11 is 0. The first-order valence-corrected chi connectivity index (χ1v) is 8.24. The summed E-state index contributed by atoms with van der Waals surface area (Å²) in [6.07, 6.45) is -1.50. The van der Waals surface area contributed by atoms with Crippen molar-refractivity contribution in [2.75, 3.05) is 5.32 Å². The average molecular weight is 387 g/mol. The highest BCUT2D eigenvalue weighted by Crippen LogP contribution is 2.25. The number of nitrogens with two attached hydrogens (primary N) is 1. The molecule has 0 aliphatic carbocycles. The summed E-state index contributed by atoms with van der Waals surface area (Å²) in [5, 5.41) is 3.11. The van der Waals surface area contributed by atoms with Gasteiger partial charge >= 0.3 is 6.36 Å². The third kappa shape index (κ3) is 5.23. The summed E-state index contributed by atoms with van der Waals surface area (Å²) in [7, 11) is 0. The maximum absolute atomic E-state index is 12.3. The molecule has 0 saturated heterocycles. The van der Waals surface area contributed by atoms with Gasteiger partial charge in [-0.2, -0.15) is 0 Å². The van der Waals surface area contributed by atoms with Gasteiger partial charge < -0.3 is 15.8 Å². The van der Waals surface area contributed by atoms with Gasteiger partial charge in [0, 0.05) is 30.1 Å². The topological polar surface area (TPSA) is 77.2 Å². The molecule has 0 fully saturated rings. The van der Waals surface area contributed by atoms with Gasteiger partial charge in [0.1, 0.15) is 5.75 Å². The number of hydrogen-bond donors (Lipinski definition) is 2. The van der Waals surface area contributed by atoms with Crippen LogP contribution in [0.2, 0.25) is 0 Å². The molecule has 0 aliphatic rings. The predicted octanol–water partition coefficient (Wildman–Crippen LogP) is 4.36. The lowest BCUT2D eigenvalue weighted by Crippen LogP contribution is -2.17. The number of anilines is 1. The van der Waals surface area contributed by atoms with Gasteiger partial charge in [-0.25, -0.2) is 0 Å². The van der Waals surface area contributed by atoms with Gasteiger partial charge in [0.05, 0.1) is 5.69 Å². The SMILES string of the molecule is NC(=O)c1cccc(-c2cncc(NCc3cccc(OC(F)(F)F)c3)c2)c1. The molecule has 0 atom stereocenters. The van der Waals surface area contributed by atoms with Gasteiger partial charge in [0.2, 0.25) is 5.91 Å². The number of carbonyl (C=O) groups is 1. The van der Waals surface area contributed by atoms with Crippen molar-refractivity contribution in [3.63, 3.8) is 0 Å². The lowest BCUT2D eigenvalue weighted by atomic mass is 10.0. The molecule has 0 unspecified atom stereocenters. The zero-order chi connectivity index (χ0) is 20.1. The number of nitrogens with zero attached hydrogens (tertiary/aromatic N) is 1. The number of primary amides is 1. The number of hydrogen-bond acceptors (Lipinski definition) is 4. The van der Waals surface area contributed by atoms with E-state index in [4.69, 9.17) is 5.73 Å². The molecule has 0 saturated carbocycles. The van der Waals surface area contributed by atoms with Crippen molar-refractivity contribution >= 4 is 11.6 Å². The minimum Gasteiger partial charge on any atom is -0.406 e. The second-order valence-electron chi connectivity index (χ2n) is 5.96. The number of amides is 1. The van der Waals surface area contributed by atoms with E-state index in [9.17, 15) is 18.0 Å². The highest BCUT2D eigenvalue weighted by atomic mass is 19.4. The van der Waals surface area contributed by atoms with Crippen LogP contribution < -0.4 is 15.8 Å². The molecule has 1 amide bonds. The second-order valence-corrected chi connectivity index (χ2v) is 5.96. The van der Waals surface area contributed by atoms with Crippen molar-refractivity contribution in [3.05, 3.63) is 78.1 Å². The molecular formula is C20H16F3N3O2. The first kappa shape index (κ1) is 19.2. The van der Waals surface area contributed by atoms with E-state index in [2.05, 4.69) is 15.0 Å². The smallest absolute Gasteiger partial charge is 0.406 e. The number of ether oxygens (including phenoxy) is 1. The number of aromatic nitrogens is 1. The van der Waals surface area contributed by atoms with Crippen LogP contribution >= 0.6 is 0 Å². The highest BCUT2D eigenvalue weighted by molar-refractivity contribution is 5.94. The van der Waals surface area contributed by atoms with Gasteiger partial charge in [0.15, 0.2) is 0 Å². The van der Waals surface area contributed by atoms with Crippen LogP contribution in [0.5, 0.6) is 5.75 Å². The fraction of sp³-hybridized carbons (Fsp3) is 0.100. The van der Waals surface area contributed by atoms with E-state index < -0.39 is 12.3 Å². The molecule has 3 N–H and O–H groups in total. The molecule has 5 nitrogen and oxygen atoms in total. The van der Waals surface area contributed by atoms with Crippen LogP contribution in [0, 0.1) is 0 Å². The van der Waals surface area contributed by atoms with Crippen molar-refractivity contribution in [3.8, 4) is 16.9 Å². The Balaban J connectivity index is 1.73. The molecule has 0 spiro atoms. The summed E-state index contributed by atoms with van der Waals surface area (Å²) in [5.74, 6) is -0.799. The molecule has 144 valence electrons. The number of alkyl halides is 3. The van der Waals surface area contributed by atoms with Crippen LogP contribution in [0.25, 0.3) is 11.1 Å². The molecule has 0 bridgehead atoms. The number of rotatable bonds is 6. The van der Waals surface area contributed by atoms with Crippen molar-refractivity contribution in [2.45, 2.75) is 12.9 Å². The fourth-order valence-electron chi connectivity index (χ4n) is 2.60. The van der Waals surface area contributed by atoms with Crippen LogP contribution in [0.3, 0.4) is 0 Å². The van der Waals surface area contributed by atoms with Crippen molar-refractivity contribution in [1.82, 2.24) is 4.98 Å². The van der Waals surface area contributed by atoms with E-state index >= 15 is 0 Å². The van der Waals surface area contributed by atoms with E-state index in [1.165, 1.54) is 18.2 Å². The molecule has 3 aromatic rings. The Bertz CT molecular complexity index is 990. The summed E-state index contributed by atoms with van der Waals surface area (Å²) in [6, 6.07) is 14.4. The lowest BCUT2D eigenvalue weighted by molar-refractivity contribution is -0.274. The normalized spacial score (nSPS) is 11.1. The summed E-state index contributed by atoms with van der Waals surface area (Å²) in [5.41, 5.74) is 8.51. The van der Waals surface area contributed by atoms with Gasteiger partial charge in [0.25, 0.3) is 0 Å². The monoisotopic (exact) mass is 387 g/mol. The minimum absolute atomic E-state index is 0.276. The number of carbonyl (C=O) groups excluding carboxylic acids is 1. The van der Waals surface area contributed by atoms with Crippen molar-refractivity contribution in [1.29, 1.82) is 0 Å². The molecular weight excluding hydrogens is 371 g/mol. The van der Waals surface area contributed by atoms with Crippen LogP contribution in [0.15, 0.2) is 67.0 Å². The summed E-state index contributed by atoms with van der Waals surface area (Å²) < 4.78 is 40.9. The Labute approximate surface area is 159 Å². The Hall–Kier alpha value is -3.55. The largest absolute Gasteiger partial charge is 0.573 e.